The van der Waals surface area contributed by atoms with Crippen molar-refractivity contribution < 1.29 is 0 Å². The molecule has 2 aromatic rings. The standard InChI is InChI=1S/C19H27N3/c1-4-16(5-2)19-18(17-11-7-6-8-12-17)21-15-22(19)14-10-9-13-20-3/h4,6-8,11-12,15,20H,5,9-10,13-14H2,1-3H3. The van der Waals surface area contributed by atoms with Crippen molar-refractivity contribution in [2.75, 3.05) is 13.6 Å². The summed E-state index contributed by atoms with van der Waals surface area (Å²) in [7, 11) is 2.01. The molecule has 3 heteroatoms. The lowest BCUT2D eigenvalue weighted by atomic mass is 10.0. The molecular formula is C19H27N3. The van der Waals surface area contributed by atoms with Crippen LogP contribution in [0, 0.1) is 0 Å². The number of unbranched alkanes of at least 4 members (excludes halogenated alkanes) is 1. The van der Waals surface area contributed by atoms with Crippen molar-refractivity contribution in [2.24, 2.45) is 0 Å². The lowest BCUT2D eigenvalue weighted by molar-refractivity contribution is 0.587. The van der Waals surface area contributed by atoms with Crippen molar-refractivity contribution in [2.45, 2.75) is 39.7 Å². The summed E-state index contributed by atoms with van der Waals surface area (Å²) < 4.78 is 2.32. The number of allylic oxidation sites excluding steroid dienone is 2. The van der Waals surface area contributed by atoms with Crippen LogP contribution >= 0.6 is 0 Å². The average molecular weight is 297 g/mol. The number of nitrogens with one attached hydrogen (secondary N) is 1. The second kappa shape index (κ2) is 8.54. The molecule has 1 aromatic heterocycles. The zero-order chi connectivity index (χ0) is 15.8. The first-order chi connectivity index (χ1) is 10.8. The Hall–Kier alpha value is -1.87. The Morgan fingerprint density at radius 1 is 1.23 bits per heavy atom. The van der Waals surface area contributed by atoms with Gasteiger partial charge in [-0.3, -0.25) is 0 Å². The first kappa shape index (κ1) is 16.5. The van der Waals surface area contributed by atoms with E-state index in [-0.39, 0.29) is 0 Å². The summed E-state index contributed by atoms with van der Waals surface area (Å²) >= 11 is 0. The Bertz CT molecular complexity index is 596. The molecule has 2 rings (SSSR count). The van der Waals surface area contributed by atoms with E-state index in [1.807, 2.05) is 19.4 Å². The maximum atomic E-state index is 4.71. The van der Waals surface area contributed by atoms with Crippen LogP contribution in [0.25, 0.3) is 16.8 Å². The van der Waals surface area contributed by atoms with Gasteiger partial charge in [0.15, 0.2) is 0 Å². The molecule has 3 nitrogen and oxygen atoms in total. The van der Waals surface area contributed by atoms with Gasteiger partial charge in [0.1, 0.15) is 0 Å². The molecule has 0 amide bonds. The number of aromatic nitrogens is 2. The predicted molar refractivity (Wildman–Crippen MR) is 94.8 cm³/mol. The number of nitrogens with zero attached hydrogens (tertiary/aromatic N) is 2. The monoisotopic (exact) mass is 297 g/mol. The van der Waals surface area contributed by atoms with Gasteiger partial charge in [-0.25, -0.2) is 4.98 Å². The van der Waals surface area contributed by atoms with E-state index in [9.17, 15) is 0 Å². The van der Waals surface area contributed by atoms with Gasteiger partial charge in [0.05, 0.1) is 17.7 Å². The van der Waals surface area contributed by atoms with Crippen LogP contribution in [-0.4, -0.2) is 23.1 Å². The predicted octanol–water partition coefficient (Wildman–Crippen LogP) is 4.36. The Kier molecular flexibility index (Phi) is 6.41. The van der Waals surface area contributed by atoms with Crippen LogP contribution in [0.2, 0.25) is 0 Å². The van der Waals surface area contributed by atoms with Gasteiger partial charge in [0, 0.05) is 12.1 Å². The molecular weight excluding hydrogens is 270 g/mol. The molecule has 0 spiro atoms. The topological polar surface area (TPSA) is 29.9 Å². The third-order valence-corrected chi connectivity index (χ3v) is 3.99. The highest BCUT2D eigenvalue weighted by Crippen LogP contribution is 2.29. The summed E-state index contributed by atoms with van der Waals surface area (Å²) in [4.78, 5) is 4.71. The smallest absolute Gasteiger partial charge is 0.0959 e. The molecule has 1 N–H and O–H groups in total. The molecule has 0 atom stereocenters. The normalized spacial score (nSPS) is 11.9. The van der Waals surface area contributed by atoms with Crippen molar-refractivity contribution in [3.05, 3.63) is 48.4 Å². The van der Waals surface area contributed by atoms with Gasteiger partial charge in [-0.05, 0) is 45.4 Å². The summed E-state index contributed by atoms with van der Waals surface area (Å²) in [5.74, 6) is 0. The first-order valence-electron chi connectivity index (χ1n) is 8.22. The molecule has 0 saturated heterocycles. The average Bonchev–Trinajstić information content (AvgIpc) is 2.98. The fourth-order valence-corrected chi connectivity index (χ4v) is 2.79. The maximum absolute atomic E-state index is 4.71. The first-order valence-corrected chi connectivity index (χ1v) is 8.22. The number of hydrogen-bond acceptors (Lipinski definition) is 2. The van der Waals surface area contributed by atoms with Crippen LogP contribution in [0.15, 0.2) is 42.7 Å². The minimum absolute atomic E-state index is 1.02. The van der Waals surface area contributed by atoms with E-state index in [1.54, 1.807) is 0 Å². The van der Waals surface area contributed by atoms with Crippen molar-refractivity contribution >= 4 is 5.57 Å². The Labute approximate surface area is 134 Å². The maximum Gasteiger partial charge on any atom is 0.0959 e. The van der Waals surface area contributed by atoms with E-state index < -0.39 is 0 Å². The van der Waals surface area contributed by atoms with Crippen molar-refractivity contribution in [3.63, 3.8) is 0 Å². The van der Waals surface area contributed by atoms with Gasteiger partial charge in [0.2, 0.25) is 0 Å². The van der Waals surface area contributed by atoms with Crippen LogP contribution in [0.1, 0.15) is 38.8 Å². The summed E-state index contributed by atoms with van der Waals surface area (Å²) in [6.07, 6.45) is 7.59. The molecule has 118 valence electrons. The Balaban J connectivity index is 2.32. The summed E-state index contributed by atoms with van der Waals surface area (Å²) in [6, 6.07) is 10.5. The number of rotatable bonds is 8. The number of hydrogen-bond donors (Lipinski definition) is 1. The van der Waals surface area contributed by atoms with E-state index in [1.165, 1.54) is 29.7 Å². The molecule has 0 aliphatic heterocycles. The Morgan fingerprint density at radius 3 is 2.64 bits per heavy atom. The van der Waals surface area contributed by atoms with Crippen LogP contribution in [0.3, 0.4) is 0 Å². The molecule has 22 heavy (non-hydrogen) atoms. The van der Waals surface area contributed by atoms with Crippen LogP contribution in [0.5, 0.6) is 0 Å². The van der Waals surface area contributed by atoms with E-state index >= 15 is 0 Å². The molecule has 0 bridgehead atoms. The van der Waals surface area contributed by atoms with Gasteiger partial charge in [0.25, 0.3) is 0 Å². The highest BCUT2D eigenvalue weighted by Gasteiger charge is 2.15. The highest BCUT2D eigenvalue weighted by atomic mass is 15.1. The van der Waals surface area contributed by atoms with Gasteiger partial charge < -0.3 is 9.88 Å². The molecule has 0 radical (unpaired) electrons. The fourth-order valence-electron chi connectivity index (χ4n) is 2.79. The quantitative estimate of drug-likeness (QED) is 0.734. The van der Waals surface area contributed by atoms with E-state index in [0.29, 0.717) is 0 Å². The van der Waals surface area contributed by atoms with Crippen molar-refractivity contribution in [1.29, 1.82) is 0 Å². The molecule has 0 aliphatic rings. The minimum Gasteiger partial charge on any atom is -0.330 e. The summed E-state index contributed by atoms with van der Waals surface area (Å²) in [6.45, 7) is 6.42. The lowest BCUT2D eigenvalue weighted by Crippen LogP contribution is -2.09. The number of benzene rings is 1. The summed E-state index contributed by atoms with van der Waals surface area (Å²) in [5.41, 5.74) is 4.94. The van der Waals surface area contributed by atoms with E-state index in [0.717, 1.165) is 25.2 Å². The van der Waals surface area contributed by atoms with Gasteiger partial charge >= 0.3 is 0 Å². The van der Waals surface area contributed by atoms with Crippen molar-refractivity contribution in [1.82, 2.24) is 14.9 Å². The molecule has 1 heterocycles. The molecule has 0 aliphatic carbocycles. The van der Waals surface area contributed by atoms with E-state index in [2.05, 4.69) is 54.1 Å². The molecule has 0 fully saturated rings. The van der Waals surface area contributed by atoms with Crippen LogP contribution in [0.4, 0.5) is 0 Å². The summed E-state index contributed by atoms with van der Waals surface area (Å²) in [5, 5.41) is 3.21. The largest absolute Gasteiger partial charge is 0.330 e. The van der Waals surface area contributed by atoms with Gasteiger partial charge in [-0.2, -0.15) is 0 Å². The molecule has 0 saturated carbocycles. The zero-order valence-electron chi connectivity index (χ0n) is 14.0. The lowest BCUT2D eigenvalue weighted by Gasteiger charge is -2.12. The van der Waals surface area contributed by atoms with Crippen LogP contribution < -0.4 is 5.32 Å². The zero-order valence-corrected chi connectivity index (χ0v) is 14.0. The van der Waals surface area contributed by atoms with Gasteiger partial charge in [-0.1, -0.05) is 43.3 Å². The second-order valence-electron chi connectivity index (χ2n) is 5.48. The number of imidazole rings is 1. The fraction of sp³-hybridized carbons (Fsp3) is 0.421. The third kappa shape index (κ3) is 3.86. The number of aryl methyl sites for hydroxylation is 1. The van der Waals surface area contributed by atoms with E-state index in [4.69, 9.17) is 4.98 Å². The van der Waals surface area contributed by atoms with Crippen molar-refractivity contribution in [3.8, 4) is 11.3 Å². The highest BCUT2D eigenvalue weighted by molar-refractivity contribution is 5.77. The molecule has 1 aromatic carbocycles. The minimum atomic E-state index is 1.02. The molecule has 0 unspecified atom stereocenters. The van der Waals surface area contributed by atoms with Crippen LogP contribution in [-0.2, 0) is 6.54 Å². The third-order valence-electron chi connectivity index (χ3n) is 3.99. The SMILES string of the molecule is CC=C(CC)c1c(-c2ccccc2)ncn1CCCCNC. The van der Waals surface area contributed by atoms with Gasteiger partial charge in [-0.15, -0.1) is 0 Å². The second-order valence-corrected chi connectivity index (χ2v) is 5.48. The Morgan fingerprint density at radius 2 is 2.00 bits per heavy atom.